The summed E-state index contributed by atoms with van der Waals surface area (Å²) in [7, 11) is 0. The number of rotatable bonds is 8. The van der Waals surface area contributed by atoms with E-state index >= 15 is 0 Å². The molecule has 2 aliphatic rings. The molecule has 3 aromatic heterocycles. The fourth-order valence-corrected chi connectivity index (χ4v) is 5.34. The van der Waals surface area contributed by atoms with Crippen LogP contribution in [0.3, 0.4) is 0 Å². The van der Waals surface area contributed by atoms with Gasteiger partial charge in [-0.15, -0.1) is 0 Å². The van der Waals surface area contributed by atoms with Gasteiger partial charge >= 0.3 is 0 Å². The van der Waals surface area contributed by atoms with Crippen LogP contribution in [0.4, 0.5) is 16.9 Å². The summed E-state index contributed by atoms with van der Waals surface area (Å²) in [5.74, 6) is 1.14. The first-order chi connectivity index (χ1) is 17.1. The van der Waals surface area contributed by atoms with Gasteiger partial charge < -0.3 is 20.7 Å². The lowest BCUT2D eigenvalue weighted by molar-refractivity contribution is -0.117. The van der Waals surface area contributed by atoms with Crippen molar-refractivity contribution in [3.8, 4) is 0 Å². The van der Waals surface area contributed by atoms with Crippen LogP contribution in [0.5, 0.6) is 0 Å². The Hall–Kier alpha value is -3.15. The molecule has 2 fully saturated rings. The summed E-state index contributed by atoms with van der Waals surface area (Å²) in [6.45, 7) is 7.51. The largest absolute Gasteiger partial charge is 0.379 e. The first-order valence-electron chi connectivity index (χ1n) is 12.0. The van der Waals surface area contributed by atoms with Crippen molar-refractivity contribution < 1.29 is 9.53 Å². The lowest BCUT2D eigenvalue weighted by Gasteiger charge is -2.30. The molecule has 2 atom stereocenters. The number of hydrogen-bond acceptors (Lipinski definition) is 10. The van der Waals surface area contributed by atoms with Gasteiger partial charge in [0.1, 0.15) is 16.2 Å². The van der Waals surface area contributed by atoms with E-state index < -0.39 is 0 Å². The highest BCUT2D eigenvalue weighted by Crippen LogP contribution is 2.27. The predicted molar refractivity (Wildman–Crippen MR) is 137 cm³/mol. The molecule has 0 radical (unpaired) electrons. The number of morpholine rings is 1. The van der Waals surface area contributed by atoms with Crippen molar-refractivity contribution in [2.75, 3.05) is 36.9 Å². The molecule has 1 saturated heterocycles. The third-order valence-electron chi connectivity index (χ3n) is 6.21. The summed E-state index contributed by atoms with van der Waals surface area (Å²) < 4.78 is 5.49. The fourth-order valence-electron chi connectivity index (χ4n) is 4.52. The molecule has 1 amide bonds. The van der Waals surface area contributed by atoms with Crippen LogP contribution in [0, 0.1) is 0 Å². The highest BCUT2D eigenvalue weighted by atomic mass is 32.1. The number of thiazole rings is 1. The quantitative estimate of drug-likeness (QED) is 0.406. The van der Waals surface area contributed by atoms with E-state index in [2.05, 4.69) is 37.4 Å². The number of ether oxygens (including phenoxy) is 1. The highest BCUT2D eigenvalue weighted by Gasteiger charge is 2.24. The molecule has 11 heteroatoms. The number of anilines is 3. The van der Waals surface area contributed by atoms with Crippen LogP contribution in [0.15, 0.2) is 37.1 Å². The molecule has 10 nitrogen and oxygen atoms in total. The van der Waals surface area contributed by atoms with Crippen molar-refractivity contribution in [3.05, 3.63) is 42.7 Å². The van der Waals surface area contributed by atoms with Gasteiger partial charge in [0, 0.05) is 44.0 Å². The fraction of sp³-hybridized carbons (Fsp3) is 0.458. The van der Waals surface area contributed by atoms with E-state index in [-0.39, 0.29) is 18.0 Å². The second-order valence-corrected chi connectivity index (χ2v) is 9.82. The SMILES string of the molecule is C=CC(=O)NC1CCCC(Nc2nc(CN3CCOCC3)cc(Nc3nc4cccnc4s3)n2)C1. The summed E-state index contributed by atoms with van der Waals surface area (Å²) in [6.07, 6.45) is 6.91. The minimum atomic E-state index is -0.129. The van der Waals surface area contributed by atoms with E-state index in [1.807, 2.05) is 18.2 Å². The summed E-state index contributed by atoms with van der Waals surface area (Å²) in [6, 6.07) is 6.11. The van der Waals surface area contributed by atoms with Gasteiger partial charge in [0.15, 0.2) is 5.13 Å². The van der Waals surface area contributed by atoms with Gasteiger partial charge in [-0.05, 0) is 43.9 Å². The topological polar surface area (TPSA) is 117 Å². The normalized spacial score (nSPS) is 20.9. The Bertz CT molecular complexity index is 1150. The van der Waals surface area contributed by atoms with Crippen molar-refractivity contribution >= 4 is 44.5 Å². The van der Waals surface area contributed by atoms with Gasteiger partial charge in [-0.25, -0.2) is 15.0 Å². The van der Waals surface area contributed by atoms with E-state index in [1.165, 1.54) is 17.4 Å². The number of nitrogens with zero attached hydrogens (tertiary/aromatic N) is 5. The maximum atomic E-state index is 11.8. The van der Waals surface area contributed by atoms with Gasteiger partial charge in [-0.3, -0.25) is 9.69 Å². The summed E-state index contributed by atoms with van der Waals surface area (Å²) in [5, 5.41) is 10.6. The zero-order valence-corrected chi connectivity index (χ0v) is 20.4. The summed E-state index contributed by atoms with van der Waals surface area (Å²) in [4.78, 5) is 33.6. The molecule has 3 N–H and O–H groups in total. The standard InChI is InChI=1S/C24H30N8O2S/c1-2-21(33)26-16-5-3-6-17(13-16)27-23-28-18(15-32-9-11-34-12-10-32)14-20(30-23)31-24-29-19-7-4-8-25-22(19)35-24/h2,4,7-8,14,16-17H,1,3,5-6,9-13,15H2,(H,26,33)(H2,27,28,29,30,31). The number of fused-ring (bicyclic) bond motifs is 1. The van der Waals surface area contributed by atoms with Crippen molar-refractivity contribution in [1.82, 2.24) is 30.2 Å². The van der Waals surface area contributed by atoms with Crippen LogP contribution in [0.1, 0.15) is 31.4 Å². The van der Waals surface area contributed by atoms with Crippen LogP contribution in [0.25, 0.3) is 10.3 Å². The number of nitrogens with one attached hydrogen (secondary N) is 3. The van der Waals surface area contributed by atoms with Crippen LogP contribution in [-0.2, 0) is 16.1 Å². The third kappa shape index (κ3) is 6.30. The molecule has 0 bridgehead atoms. The van der Waals surface area contributed by atoms with Crippen LogP contribution < -0.4 is 16.0 Å². The Morgan fingerprint density at radius 3 is 2.91 bits per heavy atom. The van der Waals surface area contributed by atoms with Gasteiger partial charge in [0.05, 0.1) is 18.9 Å². The third-order valence-corrected chi connectivity index (χ3v) is 7.10. The predicted octanol–water partition coefficient (Wildman–Crippen LogP) is 3.08. The average Bonchev–Trinajstić information content (AvgIpc) is 3.27. The van der Waals surface area contributed by atoms with Gasteiger partial charge in [-0.2, -0.15) is 4.98 Å². The molecule has 0 spiro atoms. The maximum Gasteiger partial charge on any atom is 0.243 e. The molecule has 1 saturated carbocycles. The van der Waals surface area contributed by atoms with E-state index in [1.54, 1.807) is 6.20 Å². The van der Waals surface area contributed by atoms with E-state index in [9.17, 15) is 4.79 Å². The first kappa shape index (κ1) is 23.6. The number of carbonyl (C=O) groups is 1. The maximum absolute atomic E-state index is 11.8. The first-order valence-corrected chi connectivity index (χ1v) is 12.8. The molecule has 5 rings (SSSR count). The molecule has 0 aromatic carbocycles. The Labute approximate surface area is 208 Å². The van der Waals surface area contributed by atoms with Crippen LogP contribution >= 0.6 is 11.3 Å². The Kier molecular flexibility index (Phi) is 7.45. The molecule has 2 unspecified atom stereocenters. The number of amides is 1. The monoisotopic (exact) mass is 494 g/mol. The molecular weight excluding hydrogens is 464 g/mol. The number of carbonyl (C=O) groups excluding carboxylic acids is 1. The Morgan fingerprint density at radius 1 is 1.23 bits per heavy atom. The lowest BCUT2D eigenvalue weighted by Crippen LogP contribution is -2.41. The lowest BCUT2D eigenvalue weighted by atomic mass is 9.91. The zero-order chi connectivity index (χ0) is 24.0. The van der Waals surface area contributed by atoms with Crippen LogP contribution in [-0.4, -0.2) is 69.1 Å². The van der Waals surface area contributed by atoms with Crippen LogP contribution in [0.2, 0.25) is 0 Å². The minimum absolute atomic E-state index is 0.121. The zero-order valence-electron chi connectivity index (χ0n) is 19.6. The average molecular weight is 495 g/mol. The van der Waals surface area contributed by atoms with Gasteiger partial charge in [0.2, 0.25) is 11.9 Å². The van der Waals surface area contributed by atoms with Crippen molar-refractivity contribution in [1.29, 1.82) is 0 Å². The Morgan fingerprint density at radius 2 is 2.09 bits per heavy atom. The summed E-state index contributed by atoms with van der Waals surface area (Å²) >= 11 is 1.49. The van der Waals surface area contributed by atoms with Crippen molar-refractivity contribution in [3.63, 3.8) is 0 Å². The Balaban J connectivity index is 1.34. The molecule has 184 valence electrons. The molecular formula is C24H30N8O2S. The molecule has 35 heavy (non-hydrogen) atoms. The molecule has 1 aliphatic carbocycles. The van der Waals surface area contributed by atoms with Gasteiger partial charge in [0.25, 0.3) is 0 Å². The minimum Gasteiger partial charge on any atom is -0.379 e. The number of pyridine rings is 1. The van der Waals surface area contributed by atoms with Crippen molar-refractivity contribution in [2.24, 2.45) is 0 Å². The highest BCUT2D eigenvalue weighted by molar-refractivity contribution is 7.21. The molecule has 1 aliphatic heterocycles. The second-order valence-electron chi connectivity index (χ2n) is 8.85. The van der Waals surface area contributed by atoms with Crippen molar-refractivity contribution in [2.45, 2.75) is 44.3 Å². The molecule has 4 heterocycles. The second kappa shape index (κ2) is 11.1. The van der Waals surface area contributed by atoms with E-state index in [0.717, 1.165) is 79.7 Å². The van der Waals surface area contributed by atoms with E-state index in [0.29, 0.717) is 11.8 Å². The van der Waals surface area contributed by atoms with Gasteiger partial charge in [-0.1, -0.05) is 17.9 Å². The summed E-state index contributed by atoms with van der Waals surface area (Å²) in [5.41, 5.74) is 1.79. The number of hydrogen-bond donors (Lipinski definition) is 3. The number of aromatic nitrogens is 4. The van der Waals surface area contributed by atoms with E-state index in [4.69, 9.17) is 14.7 Å². The smallest absolute Gasteiger partial charge is 0.243 e. The molecule has 3 aromatic rings.